The summed E-state index contributed by atoms with van der Waals surface area (Å²) in [4.78, 5) is 25.2. The largest absolute Gasteiger partial charge is 0.268 e. The first kappa shape index (κ1) is 14.3. The Balaban J connectivity index is 2.16. The fourth-order valence-electron chi connectivity index (χ4n) is 2.12. The molecule has 0 radical (unpaired) electrons. The quantitative estimate of drug-likeness (QED) is 0.513. The number of halogens is 4. The summed E-state index contributed by atoms with van der Waals surface area (Å²) in [5.74, 6) is -2.99. The fraction of sp³-hybridized carbons (Fsp3) is 0. The van der Waals surface area contributed by atoms with Crippen molar-refractivity contribution in [1.29, 1.82) is 0 Å². The predicted molar refractivity (Wildman–Crippen MR) is 79.3 cm³/mol. The number of hydrogen-bond donors (Lipinski definition) is 0. The molecule has 21 heavy (non-hydrogen) atoms. The zero-order chi connectivity index (χ0) is 15.3. The summed E-state index contributed by atoms with van der Waals surface area (Å²) >= 11 is 6.05. The molecule has 0 atom stereocenters. The van der Waals surface area contributed by atoms with Gasteiger partial charge in [0.25, 0.3) is 11.8 Å². The van der Waals surface area contributed by atoms with Gasteiger partial charge in [-0.2, -0.15) is 0 Å². The Labute approximate surface area is 134 Å². The van der Waals surface area contributed by atoms with E-state index in [1.54, 1.807) is 6.07 Å². The number of imide groups is 1. The van der Waals surface area contributed by atoms with Gasteiger partial charge < -0.3 is 0 Å². The van der Waals surface area contributed by atoms with Gasteiger partial charge in [-0.25, -0.2) is 13.7 Å². The third-order valence-corrected chi connectivity index (χ3v) is 4.18. The molecule has 0 saturated heterocycles. The molecule has 0 aromatic heterocycles. The average Bonchev–Trinajstić information content (AvgIpc) is 2.66. The topological polar surface area (TPSA) is 37.4 Å². The minimum atomic E-state index is -0.864. The molecule has 1 heterocycles. The highest BCUT2D eigenvalue weighted by molar-refractivity contribution is 9.10. The number of nitrogens with zero attached hydrogens (tertiary/aromatic N) is 1. The van der Waals surface area contributed by atoms with Gasteiger partial charge in [0.1, 0.15) is 11.6 Å². The van der Waals surface area contributed by atoms with E-state index in [2.05, 4.69) is 31.9 Å². The molecule has 0 fully saturated rings. The monoisotopic (exact) mass is 415 g/mol. The Bertz CT molecular complexity index is 808. The van der Waals surface area contributed by atoms with Crippen LogP contribution >= 0.6 is 31.9 Å². The Morgan fingerprint density at radius 3 is 2.24 bits per heavy atom. The smallest absolute Gasteiger partial charge is 0.266 e. The van der Waals surface area contributed by atoms with E-state index in [0.717, 1.165) is 12.1 Å². The van der Waals surface area contributed by atoms with Gasteiger partial charge in [-0.15, -0.1) is 0 Å². The van der Waals surface area contributed by atoms with Crippen molar-refractivity contribution < 1.29 is 18.4 Å². The zero-order valence-corrected chi connectivity index (χ0v) is 13.3. The van der Waals surface area contributed by atoms with Crippen LogP contribution in [0, 0.1) is 11.6 Å². The SMILES string of the molecule is O=C1c2ccc(Br)cc2C(=O)N1c1cc(F)c(Br)cc1F. The normalized spacial score (nSPS) is 13.8. The summed E-state index contributed by atoms with van der Waals surface area (Å²) in [7, 11) is 0. The minimum Gasteiger partial charge on any atom is -0.268 e. The first-order valence-electron chi connectivity index (χ1n) is 5.73. The molecule has 3 nitrogen and oxygen atoms in total. The van der Waals surface area contributed by atoms with Crippen molar-refractivity contribution in [2.75, 3.05) is 4.90 Å². The highest BCUT2D eigenvalue weighted by Gasteiger charge is 2.38. The number of carbonyl (C=O) groups excluding carboxylic acids is 2. The van der Waals surface area contributed by atoms with Gasteiger partial charge >= 0.3 is 0 Å². The number of amides is 2. The molecule has 0 spiro atoms. The van der Waals surface area contributed by atoms with E-state index in [1.807, 2.05) is 0 Å². The second-order valence-corrected chi connectivity index (χ2v) is 6.12. The van der Waals surface area contributed by atoms with E-state index < -0.39 is 29.1 Å². The molecular formula is C14H5Br2F2NO2. The van der Waals surface area contributed by atoms with Gasteiger partial charge in [0.15, 0.2) is 0 Å². The molecule has 2 aromatic carbocycles. The van der Waals surface area contributed by atoms with Crippen molar-refractivity contribution in [3.05, 3.63) is 62.0 Å². The molecular weight excluding hydrogens is 412 g/mol. The Hall–Kier alpha value is -1.60. The summed E-state index contributed by atoms with van der Waals surface area (Å²) in [6.07, 6.45) is 0. The first-order valence-corrected chi connectivity index (χ1v) is 7.31. The van der Waals surface area contributed by atoms with Crippen molar-refractivity contribution >= 4 is 49.4 Å². The van der Waals surface area contributed by atoms with E-state index in [1.165, 1.54) is 12.1 Å². The third kappa shape index (κ3) is 2.20. The molecule has 2 aromatic rings. The molecule has 0 aliphatic carbocycles. The van der Waals surface area contributed by atoms with E-state index in [-0.39, 0.29) is 15.6 Å². The summed E-state index contributed by atoms with van der Waals surface area (Å²) in [6, 6.07) is 6.24. The summed E-state index contributed by atoms with van der Waals surface area (Å²) < 4.78 is 28.1. The predicted octanol–water partition coefficient (Wildman–Crippen LogP) is 4.29. The molecule has 3 rings (SSSR count). The summed E-state index contributed by atoms with van der Waals surface area (Å²) in [5, 5.41) is 0. The van der Waals surface area contributed by atoms with E-state index in [4.69, 9.17) is 0 Å². The summed E-state index contributed by atoms with van der Waals surface area (Å²) in [5.41, 5.74) is -0.0962. The molecule has 0 unspecified atom stereocenters. The maximum absolute atomic E-state index is 14.0. The lowest BCUT2D eigenvalue weighted by Crippen LogP contribution is -2.30. The minimum absolute atomic E-state index is 0.0805. The van der Waals surface area contributed by atoms with Gasteiger partial charge in [0.05, 0.1) is 21.3 Å². The number of fused-ring (bicyclic) bond motifs is 1. The van der Waals surface area contributed by atoms with Crippen LogP contribution in [0.3, 0.4) is 0 Å². The Kier molecular flexibility index (Phi) is 3.41. The molecule has 0 N–H and O–H groups in total. The van der Waals surface area contributed by atoms with Gasteiger partial charge in [0, 0.05) is 10.5 Å². The lowest BCUT2D eigenvalue weighted by atomic mass is 10.1. The second-order valence-electron chi connectivity index (χ2n) is 4.35. The highest BCUT2D eigenvalue weighted by atomic mass is 79.9. The summed E-state index contributed by atoms with van der Waals surface area (Å²) in [6.45, 7) is 0. The molecule has 7 heteroatoms. The van der Waals surface area contributed by atoms with Crippen LogP contribution in [0.4, 0.5) is 14.5 Å². The highest BCUT2D eigenvalue weighted by Crippen LogP contribution is 2.33. The average molecular weight is 417 g/mol. The number of rotatable bonds is 1. The van der Waals surface area contributed by atoms with Gasteiger partial charge in [-0.05, 0) is 40.2 Å². The van der Waals surface area contributed by atoms with Gasteiger partial charge in [0.2, 0.25) is 0 Å². The molecule has 0 saturated carbocycles. The fourth-order valence-corrected chi connectivity index (χ4v) is 2.79. The number of anilines is 1. The van der Waals surface area contributed by atoms with Crippen molar-refractivity contribution in [2.45, 2.75) is 0 Å². The van der Waals surface area contributed by atoms with Crippen molar-refractivity contribution in [3.8, 4) is 0 Å². The molecule has 1 aliphatic heterocycles. The molecule has 0 bridgehead atoms. The molecule has 1 aliphatic rings. The van der Waals surface area contributed by atoms with E-state index in [0.29, 0.717) is 9.37 Å². The Morgan fingerprint density at radius 1 is 0.857 bits per heavy atom. The third-order valence-electron chi connectivity index (χ3n) is 3.08. The number of benzene rings is 2. The van der Waals surface area contributed by atoms with E-state index in [9.17, 15) is 18.4 Å². The number of carbonyl (C=O) groups is 2. The van der Waals surface area contributed by atoms with Crippen LogP contribution in [-0.2, 0) is 0 Å². The van der Waals surface area contributed by atoms with Crippen LogP contribution in [-0.4, -0.2) is 11.8 Å². The maximum atomic E-state index is 14.0. The lowest BCUT2D eigenvalue weighted by molar-refractivity contribution is 0.0925. The number of hydrogen-bond acceptors (Lipinski definition) is 2. The van der Waals surface area contributed by atoms with Crippen LogP contribution in [0.1, 0.15) is 20.7 Å². The van der Waals surface area contributed by atoms with Crippen molar-refractivity contribution in [3.63, 3.8) is 0 Å². The Morgan fingerprint density at radius 2 is 1.52 bits per heavy atom. The molecule has 2 amide bonds. The van der Waals surface area contributed by atoms with Crippen molar-refractivity contribution in [2.24, 2.45) is 0 Å². The standard InChI is InChI=1S/C14H5Br2F2NO2/c15-6-1-2-7-8(3-6)14(21)19(13(7)20)12-5-10(17)9(16)4-11(12)18/h1-5H. The van der Waals surface area contributed by atoms with Gasteiger partial charge in [-0.1, -0.05) is 15.9 Å². The maximum Gasteiger partial charge on any atom is 0.266 e. The first-order chi connectivity index (χ1) is 9.90. The van der Waals surface area contributed by atoms with Crippen molar-refractivity contribution in [1.82, 2.24) is 0 Å². The van der Waals surface area contributed by atoms with Crippen LogP contribution in [0.5, 0.6) is 0 Å². The van der Waals surface area contributed by atoms with Crippen LogP contribution < -0.4 is 4.90 Å². The molecule has 106 valence electrons. The lowest BCUT2D eigenvalue weighted by Gasteiger charge is -2.15. The second kappa shape index (κ2) is 4.99. The van der Waals surface area contributed by atoms with Gasteiger partial charge in [-0.3, -0.25) is 9.59 Å². The van der Waals surface area contributed by atoms with E-state index >= 15 is 0 Å². The van der Waals surface area contributed by atoms with Crippen LogP contribution in [0.15, 0.2) is 39.3 Å². The van der Waals surface area contributed by atoms with Crippen LogP contribution in [0.25, 0.3) is 0 Å². The van der Waals surface area contributed by atoms with Crippen LogP contribution in [0.2, 0.25) is 0 Å². The zero-order valence-electron chi connectivity index (χ0n) is 10.2.